The van der Waals surface area contributed by atoms with Crippen LogP contribution in [0.1, 0.15) is 19.8 Å². The average molecular weight is 341 g/mol. The molecular formula is C15H23N3O6. The Labute approximate surface area is 140 Å². The number of carbonyl (C=O) groups excluding carboxylic acids is 2. The zero-order valence-electron chi connectivity index (χ0n) is 13.9. The van der Waals surface area contributed by atoms with E-state index in [9.17, 15) is 9.59 Å². The molecule has 0 aliphatic carbocycles. The first-order valence-electron chi connectivity index (χ1n) is 7.58. The number of rotatable bonds is 10. The van der Waals surface area contributed by atoms with Crippen LogP contribution in [0.2, 0.25) is 0 Å². The molecule has 1 heterocycles. The van der Waals surface area contributed by atoms with Crippen LogP contribution in [0.3, 0.4) is 0 Å². The normalized spacial score (nSPS) is 10.1. The van der Waals surface area contributed by atoms with Gasteiger partial charge >= 0.3 is 6.09 Å². The van der Waals surface area contributed by atoms with E-state index in [0.717, 1.165) is 12.8 Å². The van der Waals surface area contributed by atoms with Gasteiger partial charge < -0.3 is 24.7 Å². The summed E-state index contributed by atoms with van der Waals surface area (Å²) in [5.41, 5.74) is 5.10. The molecule has 9 nitrogen and oxygen atoms in total. The van der Waals surface area contributed by atoms with Gasteiger partial charge in [0, 0.05) is 12.7 Å². The lowest BCUT2D eigenvalue weighted by molar-refractivity contribution is -0.118. The third-order valence-corrected chi connectivity index (χ3v) is 2.76. The molecule has 24 heavy (non-hydrogen) atoms. The number of nitrogens with one attached hydrogen (secondary N) is 1. The summed E-state index contributed by atoms with van der Waals surface area (Å²) in [6.45, 7) is 3.16. The predicted molar refractivity (Wildman–Crippen MR) is 85.2 cm³/mol. The Balaban J connectivity index is 2.57. The summed E-state index contributed by atoms with van der Waals surface area (Å²) in [5.74, 6) is -0.334. The number of hydrogen-bond donors (Lipinski definition) is 2. The summed E-state index contributed by atoms with van der Waals surface area (Å²) in [5, 5.41) is 1.94. The maximum atomic E-state index is 11.6. The summed E-state index contributed by atoms with van der Waals surface area (Å²) >= 11 is 0. The van der Waals surface area contributed by atoms with Crippen molar-refractivity contribution in [3.8, 4) is 17.5 Å². The predicted octanol–water partition coefficient (Wildman–Crippen LogP) is 0.859. The molecule has 1 aromatic heterocycles. The molecule has 1 rings (SSSR count). The van der Waals surface area contributed by atoms with E-state index in [-0.39, 0.29) is 24.1 Å². The Morgan fingerprint density at radius 3 is 2.71 bits per heavy atom. The second kappa shape index (κ2) is 11.2. The van der Waals surface area contributed by atoms with Crippen LogP contribution in [0.4, 0.5) is 4.79 Å². The highest BCUT2D eigenvalue weighted by molar-refractivity contribution is 5.93. The molecule has 0 aliphatic heterocycles. The fourth-order valence-electron chi connectivity index (χ4n) is 1.55. The molecule has 0 spiro atoms. The van der Waals surface area contributed by atoms with Gasteiger partial charge in [0.15, 0.2) is 5.75 Å². The van der Waals surface area contributed by atoms with Crippen molar-refractivity contribution in [2.45, 2.75) is 19.8 Å². The minimum Gasteiger partial charge on any atom is -0.491 e. The molecule has 0 aliphatic rings. The molecule has 0 aromatic carbocycles. The van der Waals surface area contributed by atoms with E-state index in [0.29, 0.717) is 19.8 Å². The molecule has 134 valence electrons. The maximum Gasteiger partial charge on any atom is 0.420 e. The lowest BCUT2D eigenvalue weighted by Gasteiger charge is -2.11. The highest BCUT2D eigenvalue weighted by Gasteiger charge is 2.15. The fraction of sp³-hybridized carbons (Fsp3) is 0.533. The molecular weight excluding hydrogens is 318 g/mol. The molecule has 9 heteroatoms. The molecule has 1 aromatic rings. The van der Waals surface area contributed by atoms with Gasteiger partial charge in [0.25, 0.3) is 5.88 Å². The van der Waals surface area contributed by atoms with Crippen molar-refractivity contribution in [3.63, 3.8) is 0 Å². The lowest BCUT2D eigenvalue weighted by atomic mass is 10.4. The standard InChI is InChI=1S/C15H23N3O6/c1-3-4-7-22-8-9-23-13-6-5-11(21-2)14(18-13)24-15(20)17-12(19)10-16/h5-6H,3-4,7-10,16H2,1-2H3,(H,17,19,20). The fourth-order valence-corrected chi connectivity index (χ4v) is 1.55. The van der Waals surface area contributed by atoms with Crippen molar-refractivity contribution < 1.29 is 28.5 Å². The van der Waals surface area contributed by atoms with E-state index < -0.39 is 12.0 Å². The molecule has 0 saturated carbocycles. The summed E-state index contributed by atoms with van der Waals surface area (Å²) in [6.07, 6.45) is 1.06. The number of carbonyl (C=O) groups is 2. The van der Waals surface area contributed by atoms with Crippen molar-refractivity contribution in [3.05, 3.63) is 12.1 Å². The van der Waals surface area contributed by atoms with E-state index in [1.54, 1.807) is 6.07 Å². The van der Waals surface area contributed by atoms with E-state index in [4.69, 9.17) is 24.7 Å². The third-order valence-electron chi connectivity index (χ3n) is 2.76. The molecule has 0 atom stereocenters. The zero-order chi connectivity index (χ0) is 17.8. The van der Waals surface area contributed by atoms with Gasteiger partial charge in [0.2, 0.25) is 11.8 Å². The van der Waals surface area contributed by atoms with Crippen LogP contribution in [0.15, 0.2) is 12.1 Å². The minimum absolute atomic E-state index is 0.121. The van der Waals surface area contributed by atoms with Crippen LogP contribution in [0.25, 0.3) is 0 Å². The van der Waals surface area contributed by atoms with E-state index in [1.165, 1.54) is 13.2 Å². The number of imide groups is 1. The van der Waals surface area contributed by atoms with Crippen LogP contribution in [0.5, 0.6) is 17.5 Å². The van der Waals surface area contributed by atoms with Crippen LogP contribution in [0, 0.1) is 0 Å². The van der Waals surface area contributed by atoms with Gasteiger partial charge in [-0.25, -0.2) is 4.79 Å². The number of unbranched alkanes of at least 4 members (excludes halogenated alkanes) is 1. The number of nitrogens with zero attached hydrogens (tertiary/aromatic N) is 1. The second-order valence-corrected chi connectivity index (χ2v) is 4.61. The first-order chi connectivity index (χ1) is 11.6. The molecule has 0 unspecified atom stereocenters. The van der Waals surface area contributed by atoms with Gasteiger partial charge in [-0.3, -0.25) is 10.1 Å². The van der Waals surface area contributed by atoms with Gasteiger partial charge in [-0.2, -0.15) is 4.98 Å². The highest BCUT2D eigenvalue weighted by atomic mass is 16.6. The Hall–Kier alpha value is -2.39. The Bertz CT molecular complexity index is 538. The van der Waals surface area contributed by atoms with Gasteiger partial charge in [-0.1, -0.05) is 13.3 Å². The Morgan fingerprint density at radius 2 is 2.04 bits per heavy atom. The number of nitrogens with two attached hydrogens (primary N) is 1. The van der Waals surface area contributed by atoms with E-state index in [1.807, 2.05) is 5.32 Å². The van der Waals surface area contributed by atoms with E-state index in [2.05, 4.69) is 11.9 Å². The average Bonchev–Trinajstić information content (AvgIpc) is 2.58. The van der Waals surface area contributed by atoms with Crippen molar-refractivity contribution in [2.24, 2.45) is 5.73 Å². The number of hydrogen-bond acceptors (Lipinski definition) is 8. The molecule has 3 N–H and O–H groups in total. The number of ether oxygens (including phenoxy) is 4. The van der Waals surface area contributed by atoms with Gasteiger partial charge in [-0.15, -0.1) is 0 Å². The van der Waals surface area contributed by atoms with Crippen LogP contribution >= 0.6 is 0 Å². The summed E-state index contributed by atoms with van der Waals surface area (Å²) in [6, 6.07) is 3.11. The lowest BCUT2D eigenvalue weighted by Crippen LogP contribution is -2.37. The SMILES string of the molecule is CCCCOCCOc1ccc(OC)c(OC(=O)NC(=O)CN)n1. The smallest absolute Gasteiger partial charge is 0.420 e. The first kappa shape index (κ1) is 19.7. The second-order valence-electron chi connectivity index (χ2n) is 4.61. The van der Waals surface area contributed by atoms with Crippen LogP contribution in [-0.4, -0.2) is 50.5 Å². The monoisotopic (exact) mass is 341 g/mol. The molecule has 0 radical (unpaired) electrons. The third kappa shape index (κ3) is 7.25. The number of methoxy groups -OCH3 is 1. The summed E-state index contributed by atoms with van der Waals surface area (Å²) in [4.78, 5) is 26.6. The van der Waals surface area contributed by atoms with Crippen molar-refractivity contribution in [2.75, 3.05) is 33.5 Å². The van der Waals surface area contributed by atoms with Crippen LogP contribution in [-0.2, 0) is 9.53 Å². The molecule has 0 fully saturated rings. The Kier molecular flexibility index (Phi) is 9.17. The quantitative estimate of drug-likeness (QED) is 0.601. The Morgan fingerprint density at radius 1 is 1.25 bits per heavy atom. The van der Waals surface area contributed by atoms with Gasteiger partial charge in [0.05, 0.1) is 20.3 Å². The summed E-state index contributed by atoms with van der Waals surface area (Å²) in [7, 11) is 1.40. The zero-order valence-corrected chi connectivity index (χ0v) is 13.9. The summed E-state index contributed by atoms with van der Waals surface area (Å²) < 4.78 is 20.8. The van der Waals surface area contributed by atoms with Gasteiger partial charge in [0.1, 0.15) is 6.61 Å². The first-order valence-corrected chi connectivity index (χ1v) is 7.58. The molecule has 0 bridgehead atoms. The van der Waals surface area contributed by atoms with E-state index >= 15 is 0 Å². The van der Waals surface area contributed by atoms with Crippen molar-refractivity contribution in [1.82, 2.24) is 10.3 Å². The minimum atomic E-state index is -1.00. The number of amides is 2. The largest absolute Gasteiger partial charge is 0.491 e. The topological polar surface area (TPSA) is 122 Å². The van der Waals surface area contributed by atoms with Crippen molar-refractivity contribution in [1.29, 1.82) is 0 Å². The number of pyridine rings is 1. The van der Waals surface area contributed by atoms with Crippen molar-refractivity contribution >= 4 is 12.0 Å². The molecule has 0 saturated heterocycles. The van der Waals surface area contributed by atoms with Crippen LogP contribution < -0.4 is 25.3 Å². The van der Waals surface area contributed by atoms with Gasteiger partial charge in [-0.05, 0) is 12.5 Å². The molecule has 2 amide bonds. The maximum absolute atomic E-state index is 11.6. The number of aromatic nitrogens is 1. The highest BCUT2D eigenvalue weighted by Crippen LogP contribution is 2.27.